The van der Waals surface area contributed by atoms with Crippen molar-refractivity contribution >= 4 is 23.4 Å². The van der Waals surface area contributed by atoms with Crippen LogP contribution in [0.5, 0.6) is 0 Å². The zero-order chi connectivity index (χ0) is 14.4. The van der Waals surface area contributed by atoms with Crippen molar-refractivity contribution in [1.29, 1.82) is 0 Å². The van der Waals surface area contributed by atoms with Crippen LogP contribution in [-0.2, 0) is 14.3 Å². The van der Waals surface area contributed by atoms with E-state index in [0.717, 1.165) is 11.4 Å². The van der Waals surface area contributed by atoms with E-state index in [9.17, 15) is 4.79 Å². The molecular formula is C15H21NO3S. The van der Waals surface area contributed by atoms with Gasteiger partial charge in [0, 0.05) is 10.6 Å². The summed E-state index contributed by atoms with van der Waals surface area (Å²) in [4.78, 5) is 15.1. The number of nitrogens with zero attached hydrogens (tertiary/aromatic N) is 1. The molecule has 0 aliphatic carbocycles. The molecule has 4 nitrogen and oxygen atoms in total. The predicted octanol–water partition coefficient (Wildman–Crippen LogP) is 2.57. The van der Waals surface area contributed by atoms with Gasteiger partial charge in [-0.15, -0.1) is 11.8 Å². The first kappa shape index (κ1) is 15.2. The topological polar surface area (TPSA) is 38.8 Å². The van der Waals surface area contributed by atoms with Crippen LogP contribution < -0.4 is 4.90 Å². The van der Waals surface area contributed by atoms with E-state index in [1.807, 2.05) is 18.7 Å². The highest BCUT2D eigenvalue weighted by Gasteiger charge is 2.28. The van der Waals surface area contributed by atoms with Crippen molar-refractivity contribution in [2.45, 2.75) is 24.8 Å². The minimum Gasteiger partial charge on any atom is -0.465 e. The Kier molecular flexibility index (Phi) is 5.73. The minimum absolute atomic E-state index is 0.189. The molecule has 0 radical (unpaired) electrons. The molecule has 2 rings (SSSR count). The van der Waals surface area contributed by atoms with Crippen molar-refractivity contribution in [3.8, 4) is 0 Å². The van der Waals surface area contributed by atoms with Crippen LogP contribution in [0.2, 0.25) is 0 Å². The van der Waals surface area contributed by atoms with Gasteiger partial charge in [-0.25, -0.2) is 0 Å². The number of hydrogen-bond donors (Lipinski definition) is 0. The minimum atomic E-state index is -0.189. The van der Waals surface area contributed by atoms with Crippen LogP contribution in [0.3, 0.4) is 0 Å². The van der Waals surface area contributed by atoms with E-state index in [1.165, 1.54) is 4.90 Å². The zero-order valence-corrected chi connectivity index (χ0v) is 12.8. The molecule has 0 unspecified atom stereocenters. The highest BCUT2D eigenvalue weighted by Crippen LogP contribution is 2.25. The Morgan fingerprint density at radius 2 is 2.05 bits per heavy atom. The van der Waals surface area contributed by atoms with E-state index < -0.39 is 0 Å². The van der Waals surface area contributed by atoms with Gasteiger partial charge in [-0.1, -0.05) is 6.92 Å². The zero-order valence-electron chi connectivity index (χ0n) is 12.0. The lowest BCUT2D eigenvalue weighted by Gasteiger charge is -2.38. The SMILES string of the molecule is CCOC(=O)CN(c1ccc(SCC)cc1)C1COC1. The molecule has 1 heterocycles. The number of carbonyl (C=O) groups excluding carboxylic acids is 1. The van der Waals surface area contributed by atoms with Gasteiger partial charge < -0.3 is 14.4 Å². The molecule has 1 fully saturated rings. The van der Waals surface area contributed by atoms with Crippen LogP contribution in [-0.4, -0.2) is 44.1 Å². The van der Waals surface area contributed by atoms with Gasteiger partial charge in [0.25, 0.3) is 0 Å². The van der Waals surface area contributed by atoms with Crippen LogP contribution in [0, 0.1) is 0 Å². The van der Waals surface area contributed by atoms with E-state index in [4.69, 9.17) is 9.47 Å². The number of benzene rings is 1. The first-order valence-electron chi connectivity index (χ1n) is 6.97. The average Bonchev–Trinajstić information content (AvgIpc) is 2.37. The first-order valence-corrected chi connectivity index (χ1v) is 7.96. The van der Waals surface area contributed by atoms with Crippen molar-refractivity contribution in [2.75, 3.05) is 37.0 Å². The van der Waals surface area contributed by atoms with Gasteiger partial charge in [0.15, 0.2) is 0 Å². The van der Waals surface area contributed by atoms with Crippen molar-refractivity contribution in [1.82, 2.24) is 0 Å². The van der Waals surface area contributed by atoms with Gasteiger partial charge in [-0.3, -0.25) is 4.79 Å². The third-order valence-electron chi connectivity index (χ3n) is 3.15. The predicted molar refractivity (Wildman–Crippen MR) is 81.4 cm³/mol. The number of anilines is 1. The van der Waals surface area contributed by atoms with Crippen LogP contribution >= 0.6 is 11.8 Å². The van der Waals surface area contributed by atoms with Crippen molar-refractivity contribution in [3.05, 3.63) is 24.3 Å². The summed E-state index contributed by atoms with van der Waals surface area (Å²) in [7, 11) is 0. The normalized spacial score (nSPS) is 14.7. The number of esters is 1. The van der Waals surface area contributed by atoms with Gasteiger partial charge in [0.1, 0.15) is 6.54 Å². The number of hydrogen-bond acceptors (Lipinski definition) is 5. The van der Waals surface area contributed by atoms with Gasteiger partial charge in [0.05, 0.1) is 25.9 Å². The second-order valence-electron chi connectivity index (χ2n) is 4.55. The van der Waals surface area contributed by atoms with Gasteiger partial charge in [-0.05, 0) is 36.9 Å². The Bertz CT molecular complexity index is 431. The van der Waals surface area contributed by atoms with Crippen molar-refractivity contribution < 1.29 is 14.3 Å². The van der Waals surface area contributed by atoms with Crippen molar-refractivity contribution in [3.63, 3.8) is 0 Å². The number of carbonyl (C=O) groups is 1. The van der Waals surface area contributed by atoms with Gasteiger partial charge in [0.2, 0.25) is 0 Å². The molecule has 0 aromatic heterocycles. The van der Waals surface area contributed by atoms with Crippen LogP contribution in [0.4, 0.5) is 5.69 Å². The summed E-state index contributed by atoms with van der Waals surface area (Å²) in [5.41, 5.74) is 1.05. The first-order chi connectivity index (χ1) is 9.74. The standard InChI is InChI=1S/C15H21NO3S/c1-3-19-15(17)9-16(13-10-18-11-13)12-5-7-14(8-6-12)20-4-2/h5-8,13H,3-4,9-11H2,1-2H3. The third kappa shape index (κ3) is 3.90. The fourth-order valence-electron chi connectivity index (χ4n) is 2.08. The number of thioether (sulfide) groups is 1. The van der Waals surface area contributed by atoms with Gasteiger partial charge in [-0.2, -0.15) is 0 Å². The highest BCUT2D eigenvalue weighted by atomic mass is 32.2. The van der Waals surface area contributed by atoms with E-state index in [0.29, 0.717) is 19.8 Å². The molecular weight excluding hydrogens is 274 g/mol. The van der Waals surface area contributed by atoms with E-state index in [1.54, 1.807) is 0 Å². The maximum atomic E-state index is 11.7. The summed E-state index contributed by atoms with van der Waals surface area (Å²) >= 11 is 1.81. The molecule has 20 heavy (non-hydrogen) atoms. The fourth-order valence-corrected chi connectivity index (χ4v) is 2.74. The molecule has 1 aromatic rings. The fraction of sp³-hybridized carbons (Fsp3) is 0.533. The molecule has 110 valence electrons. The Balaban J connectivity index is 2.07. The molecule has 0 atom stereocenters. The monoisotopic (exact) mass is 295 g/mol. The maximum absolute atomic E-state index is 11.7. The Labute approximate surface area is 124 Å². The second-order valence-corrected chi connectivity index (χ2v) is 5.89. The summed E-state index contributed by atoms with van der Waals surface area (Å²) in [6.45, 7) is 6.00. The van der Waals surface area contributed by atoms with Crippen LogP contribution in [0.25, 0.3) is 0 Å². The molecule has 5 heteroatoms. The number of rotatable bonds is 7. The van der Waals surface area contributed by atoms with Crippen LogP contribution in [0.1, 0.15) is 13.8 Å². The third-order valence-corrected chi connectivity index (χ3v) is 4.04. The summed E-state index contributed by atoms with van der Waals surface area (Å²) in [6.07, 6.45) is 0. The summed E-state index contributed by atoms with van der Waals surface area (Å²) in [6, 6.07) is 8.59. The number of ether oxygens (including phenoxy) is 2. The van der Waals surface area contributed by atoms with Crippen LogP contribution in [0.15, 0.2) is 29.2 Å². The quantitative estimate of drug-likeness (QED) is 0.571. The lowest BCUT2D eigenvalue weighted by atomic mass is 10.1. The Morgan fingerprint density at radius 1 is 1.35 bits per heavy atom. The van der Waals surface area contributed by atoms with E-state index in [-0.39, 0.29) is 18.6 Å². The Morgan fingerprint density at radius 3 is 2.55 bits per heavy atom. The largest absolute Gasteiger partial charge is 0.465 e. The summed E-state index contributed by atoms with van der Waals surface area (Å²) in [5.74, 6) is 0.869. The lowest BCUT2D eigenvalue weighted by molar-refractivity contribution is -0.141. The molecule has 1 aromatic carbocycles. The Hall–Kier alpha value is -1.20. The molecule has 0 bridgehead atoms. The molecule has 0 spiro atoms. The smallest absolute Gasteiger partial charge is 0.325 e. The average molecular weight is 295 g/mol. The second kappa shape index (κ2) is 7.55. The molecule has 1 saturated heterocycles. The highest BCUT2D eigenvalue weighted by molar-refractivity contribution is 7.99. The summed E-state index contributed by atoms with van der Waals surface area (Å²) in [5, 5.41) is 0. The molecule has 1 aliphatic heterocycles. The molecule has 1 aliphatic rings. The molecule has 0 saturated carbocycles. The lowest BCUT2D eigenvalue weighted by Crippen LogP contribution is -2.51. The summed E-state index contributed by atoms with van der Waals surface area (Å²) < 4.78 is 10.3. The van der Waals surface area contributed by atoms with E-state index in [2.05, 4.69) is 36.1 Å². The van der Waals surface area contributed by atoms with E-state index >= 15 is 0 Å². The molecule has 0 N–H and O–H groups in total. The van der Waals surface area contributed by atoms with Crippen molar-refractivity contribution in [2.24, 2.45) is 0 Å². The maximum Gasteiger partial charge on any atom is 0.325 e. The molecule has 0 amide bonds. The van der Waals surface area contributed by atoms with Gasteiger partial charge >= 0.3 is 5.97 Å².